The summed E-state index contributed by atoms with van der Waals surface area (Å²) in [6.07, 6.45) is 7.66. The van der Waals surface area contributed by atoms with Crippen LogP contribution in [0.15, 0.2) is 0 Å². The molecule has 10 nitrogen and oxygen atoms in total. The predicted octanol–water partition coefficient (Wildman–Crippen LogP) is 2.66. The van der Waals surface area contributed by atoms with Crippen LogP contribution in [0.2, 0.25) is 0 Å². The number of carboxylic acid groups (broad SMARTS) is 2. The molecule has 8 bridgehead atoms. The van der Waals surface area contributed by atoms with E-state index in [1.54, 1.807) is 14.0 Å². The predicted molar refractivity (Wildman–Crippen MR) is 173 cm³/mol. The standard InChI is InChI=1S/C35H42N4O6/c1-16-22(8-10-32(41)42)28-15-29-23(9-11-33(43)44)17(2)25(37-29)13-31-35(21(6)45-7)19(4)27(39-31)14-30-34(20(5)40)18(3)26(38-30)12-24(16)36-28/h12-15,20-21,36-40H,8-11H2,1-7H3,(H,41,42)(H,43,44)/t20-,21-/m0/s1. The minimum absolute atomic E-state index is 0.0276. The van der Waals surface area contributed by atoms with Crippen LogP contribution in [0, 0.1) is 27.7 Å². The molecule has 4 aromatic rings. The summed E-state index contributed by atoms with van der Waals surface area (Å²) in [6.45, 7) is 11.7. The fraction of sp³-hybridized carbons (Fsp3) is 0.371. The molecule has 0 spiro atoms. The molecule has 10 heteroatoms. The highest BCUT2D eigenvalue weighted by molar-refractivity contribution is 5.70. The number of carboxylic acids is 2. The Morgan fingerprint density at radius 2 is 1.16 bits per heavy atom. The first kappa shape index (κ1) is 31.9. The van der Waals surface area contributed by atoms with Crippen LogP contribution in [-0.4, -0.2) is 54.3 Å². The summed E-state index contributed by atoms with van der Waals surface area (Å²) >= 11 is 0. The highest BCUT2D eigenvalue weighted by Gasteiger charge is 2.21. The molecule has 0 radical (unpaired) electrons. The molecule has 4 aromatic heterocycles. The first-order valence-electron chi connectivity index (χ1n) is 15.2. The molecule has 5 rings (SSSR count). The van der Waals surface area contributed by atoms with E-state index in [1.807, 2.05) is 58.9 Å². The highest BCUT2D eigenvalue weighted by atomic mass is 16.5. The van der Waals surface area contributed by atoms with Crippen molar-refractivity contribution >= 4 is 36.2 Å². The Bertz CT molecular complexity index is 2050. The van der Waals surface area contributed by atoms with Gasteiger partial charge in [-0.3, -0.25) is 9.59 Å². The van der Waals surface area contributed by atoms with E-state index in [1.165, 1.54) is 0 Å². The number of fused-ring (bicyclic) bond motifs is 8. The maximum atomic E-state index is 11.6. The van der Waals surface area contributed by atoms with Gasteiger partial charge in [0.2, 0.25) is 0 Å². The van der Waals surface area contributed by atoms with Gasteiger partial charge in [0.05, 0.1) is 12.2 Å². The quantitative estimate of drug-likeness (QED) is 0.135. The van der Waals surface area contributed by atoms with Crippen molar-refractivity contribution in [3.8, 4) is 0 Å². The van der Waals surface area contributed by atoms with Crippen molar-refractivity contribution in [2.45, 2.75) is 79.4 Å². The molecule has 0 saturated heterocycles. The lowest BCUT2D eigenvalue weighted by Gasteiger charge is -2.11. The summed E-state index contributed by atoms with van der Waals surface area (Å²) in [5.74, 6) is -1.77. The summed E-state index contributed by atoms with van der Waals surface area (Å²) in [5, 5.41) is 33.1. The molecule has 0 aliphatic carbocycles. The molecule has 45 heavy (non-hydrogen) atoms. The van der Waals surface area contributed by atoms with E-state index in [0.29, 0.717) is 12.8 Å². The number of hydrogen-bond acceptors (Lipinski definition) is 4. The van der Waals surface area contributed by atoms with Crippen LogP contribution in [0.1, 0.15) is 106 Å². The van der Waals surface area contributed by atoms with Gasteiger partial charge in [-0.2, -0.15) is 0 Å². The lowest BCUT2D eigenvalue weighted by Crippen LogP contribution is -2.14. The topological polar surface area (TPSA) is 167 Å². The lowest BCUT2D eigenvalue weighted by atomic mass is 10.0. The number of H-pyrrole nitrogens is 4. The maximum absolute atomic E-state index is 11.6. The van der Waals surface area contributed by atoms with E-state index in [4.69, 9.17) is 4.74 Å². The van der Waals surface area contributed by atoms with Crippen molar-refractivity contribution < 1.29 is 29.6 Å². The minimum Gasteiger partial charge on any atom is -0.481 e. The number of ether oxygens (including phenoxy) is 1. The second kappa shape index (κ2) is 12.5. The van der Waals surface area contributed by atoms with E-state index in [9.17, 15) is 24.9 Å². The van der Waals surface area contributed by atoms with Crippen molar-refractivity contribution in [1.82, 2.24) is 19.9 Å². The third-order valence-electron chi connectivity index (χ3n) is 9.15. The molecular formula is C35H42N4O6. The largest absolute Gasteiger partial charge is 0.481 e. The number of aliphatic carboxylic acids is 2. The molecule has 0 fully saturated rings. The molecule has 0 amide bonds. The number of carbonyl (C=O) groups is 2. The Kier molecular flexibility index (Phi) is 8.82. The maximum Gasteiger partial charge on any atom is 0.303 e. The highest BCUT2D eigenvalue weighted by Crippen LogP contribution is 2.29. The first-order chi connectivity index (χ1) is 21.3. The zero-order valence-corrected chi connectivity index (χ0v) is 26.9. The molecule has 0 aromatic carbocycles. The van der Waals surface area contributed by atoms with Crippen LogP contribution in [0.3, 0.4) is 0 Å². The molecule has 0 unspecified atom stereocenters. The normalized spacial score (nSPS) is 13.8. The van der Waals surface area contributed by atoms with Gasteiger partial charge >= 0.3 is 11.9 Å². The van der Waals surface area contributed by atoms with Crippen molar-refractivity contribution in [1.29, 1.82) is 0 Å². The van der Waals surface area contributed by atoms with E-state index in [2.05, 4.69) is 19.9 Å². The zero-order chi connectivity index (χ0) is 32.7. The Morgan fingerprint density at radius 1 is 0.644 bits per heavy atom. The number of hydrogen-bond donors (Lipinski definition) is 7. The van der Waals surface area contributed by atoms with Crippen molar-refractivity contribution in [2.24, 2.45) is 0 Å². The number of nitrogens with one attached hydrogen (secondary N) is 4. The summed E-state index contributed by atoms with van der Waals surface area (Å²) in [6, 6.07) is 0. The van der Waals surface area contributed by atoms with E-state index in [0.717, 1.165) is 88.7 Å². The zero-order valence-electron chi connectivity index (χ0n) is 26.9. The summed E-state index contributed by atoms with van der Waals surface area (Å²) in [7, 11) is 1.67. The van der Waals surface area contributed by atoms with Crippen molar-refractivity contribution in [3.63, 3.8) is 0 Å². The number of aliphatic hydroxyl groups is 1. The smallest absolute Gasteiger partial charge is 0.303 e. The molecular weight excluding hydrogens is 572 g/mol. The molecule has 238 valence electrons. The van der Waals surface area contributed by atoms with Gasteiger partial charge in [-0.25, -0.2) is 0 Å². The van der Waals surface area contributed by atoms with Gasteiger partial charge in [-0.05, 0) is 112 Å². The number of rotatable bonds is 9. The van der Waals surface area contributed by atoms with Crippen LogP contribution in [0.5, 0.6) is 0 Å². The molecule has 7 N–H and O–H groups in total. The molecule has 1 aliphatic rings. The number of methoxy groups -OCH3 is 1. The van der Waals surface area contributed by atoms with Gasteiger partial charge in [0.25, 0.3) is 0 Å². The lowest BCUT2D eigenvalue weighted by molar-refractivity contribution is -0.138. The second-order valence-corrected chi connectivity index (χ2v) is 12.0. The summed E-state index contributed by atoms with van der Waals surface area (Å²) in [4.78, 5) is 37.4. The fourth-order valence-corrected chi connectivity index (χ4v) is 6.58. The fourth-order valence-electron chi connectivity index (χ4n) is 6.58. The van der Waals surface area contributed by atoms with Gasteiger partial charge in [-0.1, -0.05) is 0 Å². The second-order valence-electron chi connectivity index (χ2n) is 12.0. The average Bonchev–Trinajstić information content (AvgIpc) is 3.63. The van der Waals surface area contributed by atoms with Crippen LogP contribution in [0.25, 0.3) is 24.3 Å². The van der Waals surface area contributed by atoms with E-state index < -0.39 is 18.0 Å². The SMILES string of the molecule is CO[C@@H](C)c1c2[nH]c(c1C)C=c1[nH]c(c(C)c1[C@H](C)O)=Cc1[nH]c(c(CCC(=O)O)c1C)C=c1[nH]c(c(C)c1CCC(=O)O)=C2. The van der Waals surface area contributed by atoms with Crippen LogP contribution >= 0.6 is 0 Å². The van der Waals surface area contributed by atoms with Crippen molar-refractivity contribution in [3.05, 3.63) is 88.7 Å². The third kappa shape index (κ3) is 6.08. The summed E-state index contributed by atoms with van der Waals surface area (Å²) in [5.41, 5.74) is 10.6. The van der Waals surface area contributed by atoms with Crippen LogP contribution in [0.4, 0.5) is 0 Å². The van der Waals surface area contributed by atoms with Gasteiger partial charge in [-0.15, -0.1) is 0 Å². The van der Waals surface area contributed by atoms with E-state index >= 15 is 0 Å². The van der Waals surface area contributed by atoms with Gasteiger partial charge in [0, 0.05) is 75.3 Å². The number of aliphatic hydroxyl groups excluding tert-OH is 1. The molecule has 5 heterocycles. The third-order valence-corrected chi connectivity index (χ3v) is 9.15. The molecule has 1 aliphatic heterocycles. The average molecular weight is 615 g/mol. The van der Waals surface area contributed by atoms with Gasteiger partial charge < -0.3 is 40.0 Å². The number of aromatic nitrogens is 4. The number of aromatic amines is 4. The summed E-state index contributed by atoms with van der Waals surface area (Å²) < 4.78 is 5.78. The van der Waals surface area contributed by atoms with Crippen LogP contribution < -0.4 is 21.4 Å². The monoisotopic (exact) mass is 614 g/mol. The Hall–Kier alpha value is -4.54. The van der Waals surface area contributed by atoms with Gasteiger partial charge in [0.1, 0.15) is 0 Å². The Balaban J connectivity index is 1.94. The first-order valence-corrected chi connectivity index (χ1v) is 15.2. The Labute approximate surface area is 260 Å². The van der Waals surface area contributed by atoms with Crippen molar-refractivity contribution in [2.75, 3.05) is 7.11 Å². The molecule has 2 atom stereocenters. The van der Waals surface area contributed by atoms with Crippen LogP contribution in [-0.2, 0) is 27.2 Å². The van der Waals surface area contributed by atoms with E-state index in [-0.39, 0.29) is 18.9 Å². The molecule has 0 saturated carbocycles. The van der Waals surface area contributed by atoms with Gasteiger partial charge in [0.15, 0.2) is 0 Å². The Morgan fingerprint density at radius 3 is 1.78 bits per heavy atom. The minimum atomic E-state index is -0.885.